The van der Waals surface area contributed by atoms with Crippen molar-refractivity contribution in [3.8, 4) is 0 Å². The number of nitrogens with one attached hydrogen (secondary N) is 2. The second-order valence-corrected chi connectivity index (χ2v) is 7.29. The van der Waals surface area contributed by atoms with Gasteiger partial charge in [0, 0.05) is 30.9 Å². The molecule has 0 spiro atoms. The molecular weight excluding hydrogens is 326 g/mol. The van der Waals surface area contributed by atoms with Gasteiger partial charge in [-0.1, -0.05) is 6.07 Å². The van der Waals surface area contributed by atoms with E-state index in [2.05, 4.69) is 52.6 Å². The topological polar surface area (TPSA) is 70.2 Å². The van der Waals surface area contributed by atoms with Gasteiger partial charge in [-0.15, -0.1) is 0 Å². The van der Waals surface area contributed by atoms with E-state index in [1.807, 2.05) is 4.90 Å². The largest absolute Gasteiger partial charge is 0.335 e. The zero-order valence-corrected chi connectivity index (χ0v) is 15.4. The van der Waals surface area contributed by atoms with Gasteiger partial charge in [-0.2, -0.15) is 0 Å². The van der Waals surface area contributed by atoms with Crippen molar-refractivity contribution in [2.75, 3.05) is 25.0 Å². The summed E-state index contributed by atoms with van der Waals surface area (Å²) in [5.41, 5.74) is 4.86. The molecule has 4 rings (SSSR count). The lowest BCUT2D eigenvalue weighted by atomic mass is 9.99. The number of aryl methyl sites for hydroxylation is 2. The molecule has 1 aromatic heterocycles. The Labute approximate surface area is 154 Å². The average Bonchev–Trinajstić information content (AvgIpc) is 2.62. The zero-order chi connectivity index (χ0) is 18.1. The number of rotatable bonds is 3. The fraction of sp³-hybridized carbons (Fsp3) is 0.450. The van der Waals surface area contributed by atoms with E-state index in [9.17, 15) is 4.79 Å². The number of carbonyl (C=O) groups excluding carboxylic acids is 1. The summed E-state index contributed by atoms with van der Waals surface area (Å²) in [5, 5.41) is 6.63. The Bertz CT molecular complexity index is 809. The monoisotopic (exact) mass is 351 g/mol. The van der Waals surface area contributed by atoms with Crippen LogP contribution in [0.25, 0.3) is 0 Å². The second kappa shape index (κ2) is 7.03. The number of aromatic nitrogens is 2. The van der Waals surface area contributed by atoms with Gasteiger partial charge in [-0.25, -0.2) is 9.97 Å². The molecule has 2 aliphatic heterocycles. The number of hydrogen-bond acceptors (Lipinski definition) is 5. The van der Waals surface area contributed by atoms with E-state index in [0.29, 0.717) is 17.6 Å². The van der Waals surface area contributed by atoms with Crippen LogP contribution in [0.1, 0.15) is 40.0 Å². The van der Waals surface area contributed by atoms with Crippen LogP contribution in [0.15, 0.2) is 24.4 Å². The lowest BCUT2D eigenvalue weighted by Crippen LogP contribution is -2.49. The standard InChI is InChI=1S/C20H25N5O/c1-13-9-14(2)11-15(10-13)23-20-22-12-17-18(24-20)5-8-25(19(17)26)16-3-6-21-7-4-16/h9-12,16,21H,3-8H2,1-2H3,(H,22,23,24). The Morgan fingerprint density at radius 3 is 2.62 bits per heavy atom. The number of amides is 1. The van der Waals surface area contributed by atoms with Crippen molar-refractivity contribution in [1.82, 2.24) is 20.2 Å². The van der Waals surface area contributed by atoms with Crippen molar-refractivity contribution in [3.05, 3.63) is 46.8 Å². The maximum atomic E-state index is 12.9. The molecule has 0 atom stereocenters. The summed E-state index contributed by atoms with van der Waals surface area (Å²) in [4.78, 5) is 23.9. The van der Waals surface area contributed by atoms with Crippen LogP contribution in [-0.4, -0.2) is 46.5 Å². The van der Waals surface area contributed by atoms with E-state index < -0.39 is 0 Å². The fourth-order valence-corrected chi connectivity index (χ4v) is 3.97. The minimum absolute atomic E-state index is 0.0797. The smallest absolute Gasteiger partial charge is 0.257 e. The summed E-state index contributed by atoms with van der Waals surface area (Å²) in [5.74, 6) is 0.632. The molecule has 0 saturated carbocycles. The number of fused-ring (bicyclic) bond motifs is 1. The van der Waals surface area contributed by atoms with E-state index in [4.69, 9.17) is 0 Å². The molecule has 2 aromatic rings. The third kappa shape index (κ3) is 3.42. The quantitative estimate of drug-likeness (QED) is 0.889. The molecule has 2 aliphatic rings. The number of nitrogens with zero attached hydrogens (tertiary/aromatic N) is 3. The molecule has 1 amide bonds. The van der Waals surface area contributed by atoms with Crippen LogP contribution in [0.2, 0.25) is 0 Å². The Hall–Kier alpha value is -2.47. The first-order chi connectivity index (χ1) is 12.6. The summed E-state index contributed by atoms with van der Waals surface area (Å²) in [6.45, 7) is 6.85. The first-order valence-corrected chi connectivity index (χ1v) is 9.33. The molecular formula is C20H25N5O. The van der Waals surface area contributed by atoms with Gasteiger partial charge < -0.3 is 15.5 Å². The first kappa shape index (κ1) is 17.0. The van der Waals surface area contributed by atoms with Crippen molar-refractivity contribution in [2.24, 2.45) is 0 Å². The molecule has 0 unspecified atom stereocenters. The average molecular weight is 351 g/mol. The normalized spacial score (nSPS) is 17.9. The van der Waals surface area contributed by atoms with E-state index in [1.54, 1.807) is 6.20 Å². The van der Waals surface area contributed by atoms with E-state index >= 15 is 0 Å². The van der Waals surface area contributed by atoms with Gasteiger partial charge in [0.1, 0.15) is 0 Å². The SMILES string of the molecule is Cc1cc(C)cc(Nc2ncc3c(n2)CCN(C2CCNCC2)C3=O)c1. The Balaban J connectivity index is 1.53. The predicted octanol–water partition coefficient (Wildman–Crippen LogP) is 2.59. The molecule has 1 fully saturated rings. The molecule has 3 heterocycles. The number of hydrogen-bond donors (Lipinski definition) is 2. The molecule has 6 nitrogen and oxygen atoms in total. The maximum absolute atomic E-state index is 12.9. The maximum Gasteiger partial charge on any atom is 0.257 e. The number of anilines is 2. The third-order valence-electron chi connectivity index (χ3n) is 5.18. The molecule has 0 radical (unpaired) electrons. The summed E-state index contributed by atoms with van der Waals surface area (Å²) in [7, 11) is 0. The van der Waals surface area contributed by atoms with Gasteiger partial charge in [-0.3, -0.25) is 4.79 Å². The molecule has 1 saturated heterocycles. The van der Waals surface area contributed by atoms with Crippen LogP contribution in [-0.2, 0) is 6.42 Å². The van der Waals surface area contributed by atoms with Crippen LogP contribution in [0.5, 0.6) is 0 Å². The van der Waals surface area contributed by atoms with Gasteiger partial charge in [0.05, 0.1) is 11.3 Å². The Morgan fingerprint density at radius 2 is 1.88 bits per heavy atom. The minimum atomic E-state index is 0.0797. The highest BCUT2D eigenvalue weighted by Gasteiger charge is 2.31. The third-order valence-corrected chi connectivity index (χ3v) is 5.18. The predicted molar refractivity (Wildman–Crippen MR) is 102 cm³/mol. The van der Waals surface area contributed by atoms with E-state index in [0.717, 1.165) is 50.3 Å². The lowest BCUT2D eigenvalue weighted by Gasteiger charge is -2.37. The highest BCUT2D eigenvalue weighted by Crippen LogP contribution is 2.24. The first-order valence-electron chi connectivity index (χ1n) is 9.33. The molecule has 0 bridgehead atoms. The summed E-state index contributed by atoms with van der Waals surface area (Å²) < 4.78 is 0. The van der Waals surface area contributed by atoms with Crippen LogP contribution < -0.4 is 10.6 Å². The summed E-state index contributed by atoms with van der Waals surface area (Å²) >= 11 is 0. The zero-order valence-electron chi connectivity index (χ0n) is 15.4. The van der Waals surface area contributed by atoms with E-state index in [1.165, 1.54) is 11.1 Å². The van der Waals surface area contributed by atoms with Gasteiger partial charge in [0.2, 0.25) is 5.95 Å². The summed E-state index contributed by atoms with van der Waals surface area (Å²) in [6.07, 6.45) is 4.51. The van der Waals surface area contributed by atoms with E-state index in [-0.39, 0.29) is 5.91 Å². The van der Waals surface area contributed by atoms with Gasteiger partial charge in [-0.05, 0) is 63.0 Å². The van der Waals surface area contributed by atoms with Crippen molar-refractivity contribution in [2.45, 2.75) is 39.2 Å². The van der Waals surface area contributed by atoms with Crippen molar-refractivity contribution in [3.63, 3.8) is 0 Å². The highest BCUT2D eigenvalue weighted by atomic mass is 16.2. The Kier molecular flexibility index (Phi) is 4.59. The van der Waals surface area contributed by atoms with Crippen LogP contribution in [0.4, 0.5) is 11.6 Å². The molecule has 6 heteroatoms. The molecule has 26 heavy (non-hydrogen) atoms. The van der Waals surface area contributed by atoms with Gasteiger partial charge in [0.25, 0.3) is 5.91 Å². The van der Waals surface area contributed by atoms with Gasteiger partial charge >= 0.3 is 0 Å². The number of benzene rings is 1. The van der Waals surface area contributed by atoms with Crippen molar-refractivity contribution >= 4 is 17.5 Å². The lowest BCUT2D eigenvalue weighted by molar-refractivity contribution is 0.0621. The van der Waals surface area contributed by atoms with Crippen molar-refractivity contribution in [1.29, 1.82) is 0 Å². The van der Waals surface area contributed by atoms with Gasteiger partial charge in [0.15, 0.2) is 0 Å². The van der Waals surface area contributed by atoms with Crippen LogP contribution in [0, 0.1) is 13.8 Å². The number of piperidine rings is 1. The highest BCUT2D eigenvalue weighted by molar-refractivity contribution is 5.96. The minimum Gasteiger partial charge on any atom is -0.335 e. The summed E-state index contributed by atoms with van der Waals surface area (Å²) in [6, 6.07) is 6.61. The second-order valence-electron chi connectivity index (χ2n) is 7.29. The molecule has 0 aliphatic carbocycles. The molecule has 1 aromatic carbocycles. The number of carbonyl (C=O) groups is 1. The molecule has 2 N–H and O–H groups in total. The van der Waals surface area contributed by atoms with Crippen molar-refractivity contribution < 1.29 is 4.79 Å². The Morgan fingerprint density at radius 1 is 1.15 bits per heavy atom. The van der Waals surface area contributed by atoms with Crippen LogP contribution in [0.3, 0.4) is 0 Å². The fourth-order valence-electron chi connectivity index (χ4n) is 3.97. The molecule has 136 valence electrons. The van der Waals surface area contributed by atoms with Crippen LogP contribution >= 0.6 is 0 Å².